The van der Waals surface area contributed by atoms with Gasteiger partial charge in [0.25, 0.3) is 10.0 Å². The Hall–Kier alpha value is -3.65. The normalized spacial score (nSPS) is 12.8. The average Bonchev–Trinajstić information content (AvgIpc) is 2.94. The van der Waals surface area contributed by atoms with Crippen LogP contribution in [0.2, 0.25) is 0 Å². The molecule has 3 aromatic carbocycles. The molecule has 1 N–H and O–H groups in total. The lowest BCUT2D eigenvalue weighted by Gasteiger charge is -2.34. The molecule has 0 unspecified atom stereocenters. The van der Waals surface area contributed by atoms with E-state index in [1.807, 2.05) is 71.9 Å². The fourth-order valence-electron chi connectivity index (χ4n) is 4.46. The fourth-order valence-corrected chi connectivity index (χ4v) is 5.89. The maximum absolute atomic E-state index is 14.2. The highest BCUT2D eigenvalue weighted by Crippen LogP contribution is 2.27. The molecule has 7 nitrogen and oxygen atoms in total. The van der Waals surface area contributed by atoms with E-state index in [1.54, 1.807) is 30.3 Å². The van der Waals surface area contributed by atoms with Crippen LogP contribution in [-0.4, -0.2) is 43.8 Å². The predicted octanol–water partition coefficient (Wildman–Crippen LogP) is 5.53. The molecule has 3 rings (SSSR count). The lowest BCUT2D eigenvalue weighted by Crippen LogP contribution is -2.53. The molecule has 0 bridgehead atoms. The number of nitrogens with one attached hydrogen (secondary N) is 1. The van der Waals surface area contributed by atoms with Crippen molar-refractivity contribution in [3.8, 4) is 0 Å². The van der Waals surface area contributed by atoms with E-state index in [0.29, 0.717) is 12.1 Å². The maximum atomic E-state index is 14.2. The van der Waals surface area contributed by atoms with Crippen LogP contribution in [0.5, 0.6) is 0 Å². The summed E-state index contributed by atoms with van der Waals surface area (Å²) in [6.45, 7) is 11.3. The summed E-state index contributed by atoms with van der Waals surface area (Å²) in [7, 11) is -4.08. The molecule has 0 aliphatic heterocycles. The summed E-state index contributed by atoms with van der Waals surface area (Å²) < 4.78 is 29.0. The van der Waals surface area contributed by atoms with Crippen molar-refractivity contribution in [2.75, 3.05) is 10.8 Å². The number of benzene rings is 3. The third-order valence-electron chi connectivity index (χ3n) is 7.38. The highest BCUT2D eigenvalue weighted by molar-refractivity contribution is 7.92. The molecular weight excluding hydrogens is 522 g/mol. The minimum absolute atomic E-state index is 0.0533. The van der Waals surface area contributed by atoms with Gasteiger partial charge in [-0.05, 0) is 87.1 Å². The van der Waals surface area contributed by atoms with E-state index in [2.05, 4.69) is 5.32 Å². The first-order valence-electron chi connectivity index (χ1n) is 13.8. The molecule has 2 atom stereocenters. The summed E-state index contributed by atoms with van der Waals surface area (Å²) in [6, 6.07) is 20.3. The Labute approximate surface area is 239 Å². The predicted molar refractivity (Wildman–Crippen MR) is 161 cm³/mol. The van der Waals surface area contributed by atoms with E-state index in [4.69, 9.17) is 0 Å². The average molecular weight is 564 g/mol. The molecule has 0 fully saturated rings. The van der Waals surface area contributed by atoms with Gasteiger partial charge in [0, 0.05) is 12.6 Å². The third kappa shape index (κ3) is 7.30. The Morgan fingerprint density at radius 2 is 1.48 bits per heavy atom. The number of sulfonamides is 1. The Balaban J connectivity index is 2.08. The molecule has 0 heterocycles. The molecule has 8 heteroatoms. The van der Waals surface area contributed by atoms with Crippen LogP contribution in [0.15, 0.2) is 77.7 Å². The largest absolute Gasteiger partial charge is 0.352 e. The number of anilines is 1. The van der Waals surface area contributed by atoms with Crippen molar-refractivity contribution in [2.45, 2.75) is 77.9 Å². The van der Waals surface area contributed by atoms with Gasteiger partial charge in [0.05, 0.1) is 10.6 Å². The smallest absolute Gasteiger partial charge is 0.264 e. The van der Waals surface area contributed by atoms with Crippen LogP contribution in [-0.2, 0) is 26.2 Å². The molecule has 0 saturated heterocycles. The second-order valence-electron chi connectivity index (χ2n) is 10.3. The quantitative estimate of drug-likeness (QED) is 0.314. The number of carbonyl (C=O) groups excluding carboxylic acids is 2. The Morgan fingerprint density at radius 1 is 0.825 bits per heavy atom. The molecule has 3 aromatic rings. The number of hydrogen-bond donors (Lipinski definition) is 1. The molecule has 0 aromatic heterocycles. The van der Waals surface area contributed by atoms with E-state index >= 15 is 0 Å². The van der Waals surface area contributed by atoms with Crippen LogP contribution in [0.1, 0.15) is 55.9 Å². The second-order valence-corrected chi connectivity index (χ2v) is 12.1. The number of carbonyl (C=O) groups is 2. The highest BCUT2D eigenvalue weighted by atomic mass is 32.2. The summed E-state index contributed by atoms with van der Waals surface area (Å²) >= 11 is 0. The van der Waals surface area contributed by atoms with Crippen LogP contribution >= 0.6 is 0 Å². The van der Waals surface area contributed by atoms with Gasteiger partial charge >= 0.3 is 0 Å². The van der Waals surface area contributed by atoms with Gasteiger partial charge < -0.3 is 10.2 Å². The van der Waals surface area contributed by atoms with Crippen molar-refractivity contribution in [2.24, 2.45) is 0 Å². The second kappa shape index (κ2) is 13.6. The summed E-state index contributed by atoms with van der Waals surface area (Å²) in [5.74, 6) is -0.699. The first-order valence-corrected chi connectivity index (χ1v) is 15.2. The first-order chi connectivity index (χ1) is 19.0. The van der Waals surface area contributed by atoms with E-state index in [0.717, 1.165) is 33.0 Å². The SMILES string of the molecule is CC[C@@H](C)NC(=O)[C@@H](CC)N(Cc1ccccc1C)C(=O)CN(c1ccc(C)c(C)c1)S(=O)(=O)c1ccccc1. The van der Waals surface area contributed by atoms with E-state index in [-0.39, 0.29) is 23.4 Å². The zero-order chi connectivity index (χ0) is 29.4. The number of amides is 2. The first kappa shape index (κ1) is 30.9. The van der Waals surface area contributed by atoms with Crippen LogP contribution in [0.3, 0.4) is 0 Å². The lowest BCUT2D eigenvalue weighted by atomic mass is 10.1. The standard InChI is InChI=1S/C32H41N3O4S/c1-7-26(6)33-32(37)30(8-2)34(21-27-15-13-12-14-24(27)4)31(36)22-35(28-19-18-23(3)25(5)20-28)40(38,39)29-16-10-9-11-17-29/h9-20,26,30H,7-8,21-22H2,1-6H3,(H,33,37)/t26-,30-/m1/s1. The van der Waals surface area contributed by atoms with E-state index < -0.39 is 28.5 Å². The third-order valence-corrected chi connectivity index (χ3v) is 9.17. The van der Waals surface area contributed by atoms with Gasteiger partial charge in [0.2, 0.25) is 11.8 Å². The van der Waals surface area contributed by atoms with Crippen molar-refractivity contribution >= 4 is 27.5 Å². The van der Waals surface area contributed by atoms with Crippen molar-refractivity contribution in [3.63, 3.8) is 0 Å². The van der Waals surface area contributed by atoms with Gasteiger partial charge in [-0.3, -0.25) is 13.9 Å². The van der Waals surface area contributed by atoms with E-state index in [1.165, 1.54) is 17.0 Å². The Kier molecular flexibility index (Phi) is 10.5. The number of nitrogens with zero attached hydrogens (tertiary/aromatic N) is 2. The highest BCUT2D eigenvalue weighted by Gasteiger charge is 2.34. The Bertz CT molecular complexity index is 1420. The van der Waals surface area contributed by atoms with Gasteiger partial charge in [0.15, 0.2) is 0 Å². The summed E-state index contributed by atoms with van der Waals surface area (Å²) in [6.07, 6.45) is 1.14. The van der Waals surface area contributed by atoms with Crippen LogP contribution < -0.4 is 9.62 Å². The number of aryl methyl sites for hydroxylation is 3. The van der Waals surface area contributed by atoms with Crippen LogP contribution in [0.4, 0.5) is 5.69 Å². The lowest BCUT2D eigenvalue weighted by molar-refractivity contribution is -0.140. The van der Waals surface area contributed by atoms with Crippen molar-refractivity contribution in [3.05, 3.63) is 95.1 Å². The number of rotatable bonds is 12. The van der Waals surface area contributed by atoms with Crippen LogP contribution in [0, 0.1) is 20.8 Å². The minimum atomic E-state index is -4.08. The molecular formula is C32H41N3O4S. The molecule has 0 aliphatic rings. The Morgan fingerprint density at radius 3 is 2.08 bits per heavy atom. The topological polar surface area (TPSA) is 86.8 Å². The summed E-state index contributed by atoms with van der Waals surface area (Å²) in [4.78, 5) is 29.2. The summed E-state index contributed by atoms with van der Waals surface area (Å²) in [5.41, 5.74) is 4.21. The zero-order valence-electron chi connectivity index (χ0n) is 24.3. The summed E-state index contributed by atoms with van der Waals surface area (Å²) in [5, 5.41) is 3.01. The maximum Gasteiger partial charge on any atom is 0.264 e. The van der Waals surface area contributed by atoms with E-state index in [9.17, 15) is 18.0 Å². The van der Waals surface area contributed by atoms with Crippen molar-refractivity contribution in [1.82, 2.24) is 10.2 Å². The molecule has 40 heavy (non-hydrogen) atoms. The van der Waals surface area contributed by atoms with Crippen molar-refractivity contribution in [1.29, 1.82) is 0 Å². The van der Waals surface area contributed by atoms with Gasteiger partial charge in [-0.2, -0.15) is 0 Å². The van der Waals surface area contributed by atoms with Crippen molar-refractivity contribution < 1.29 is 18.0 Å². The van der Waals surface area contributed by atoms with Crippen LogP contribution in [0.25, 0.3) is 0 Å². The minimum Gasteiger partial charge on any atom is -0.352 e. The molecule has 0 spiro atoms. The molecule has 0 radical (unpaired) electrons. The molecule has 2 amide bonds. The van der Waals surface area contributed by atoms with Gasteiger partial charge in [-0.25, -0.2) is 8.42 Å². The molecule has 214 valence electrons. The zero-order valence-corrected chi connectivity index (χ0v) is 25.2. The molecule has 0 saturated carbocycles. The number of hydrogen-bond acceptors (Lipinski definition) is 4. The van der Waals surface area contributed by atoms with Gasteiger partial charge in [0.1, 0.15) is 12.6 Å². The molecule has 0 aliphatic carbocycles. The monoisotopic (exact) mass is 563 g/mol. The fraction of sp³-hybridized carbons (Fsp3) is 0.375. The van der Waals surface area contributed by atoms with Gasteiger partial charge in [-0.1, -0.05) is 62.4 Å². The van der Waals surface area contributed by atoms with Gasteiger partial charge in [-0.15, -0.1) is 0 Å².